The molecule has 1 aromatic rings. The Bertz CT molecular complexity index is 1060. The number of carbonyl (C=O) groups is 3. The molecule has 3 heterocycles. The molecule has 5 atom stereocenters. The molecule has 0 N–H and O–H groups in total. The lowest BCUT2D eigenvalue weighted by Gasteiger charge is -2.33. The Morgan fingerprint density at radius 3 is 2.53 bits per heavy atom. The molecular weight excluding hydrogens is 429 g/mol. The zero-order chi connectivity index (χ0) is 23.6. The number of ether oxygens (including phenoxy) is 2. The minimum Gasteiger partial charge on any atom is -0.465 e. The molecule has 0 aliphatic carbocycles. The zero-order valence-electron chi connectivity index (χ0n) is 17.7. The van der Waals surface area contributed by atoms with Crippen molar-refractivity contribution in [2.24, 2.45) is 17.8 Å². The van der Waals surface area contributed by atoms with E-state index < -0.39 is 64.0 Å². The predicted octanol–water partition coefficient (Wildman–Crippen LogP) is 3.20. The number of alkyl halides is 3. The number of anilines is 1. The molecule has 32 heavy (non-hydrogen) atoms. The number of amides is 2. The highest BCUT2D eigenvalue weighted by atomic mass is 19.4. The maximum atomic E-state index is 13.4. The number of rotatable bonds is 4. The number of esters is 1. The molecule has 0 radical (unpaired) electrons. The van der Waals surface area contributed by atoms with E-state index in [4.69, 9.17) is 14.7 Å². The van der Waals surface area contributed by atoms with Crippen LogP contribution in [0.4, 0.5) is 18.9 Å². The minimum atomic E-state index is -4.84. The van der Waals surface area contributed by atoms with E-state index in [0.717, 1.165) is 17.0 Å². The molecule has 3 aliphatic heterocycles. The van der Waals surface area contributed by atoms with Crippen LogP contribution in [-0.2, 0) is 30.0 Å². The van der Waals surface area contributed by atoms with Gasteiger partial charge in [0, 0.05) is 0 Å². The first kappa shape index (κ1) is 22.3. The van der Waals surface area contributed by atoms with Crippen LogP contribution >= 0.6 is 0 Å². The molecule has 0 spiro atoms. The van der Waals surface area contributed by atoms with Gasteiger partial charge in [0.2, 0.25) is 11.8 Å². The summed E-state index contributed by atoms with van der Waals surface area (Å²) in [6, 6.07) is 4.19. The van der Waals surface area contributed by atoms with Gasteiger partial charge in [0.1, 0.15) is 0 Å². The van der Waals surface area contributed by atoms with E-state index in [-0.39, 0.29) is 18.7 Å². The molecule has 0 aromatic heterocycles. The Morgan fingerprint density at radius 1 is 1.28 bits per heavy atom. The van der Waals surface area contributed by atoms with Crippen molar-refractivity contribution in [2.45, 2.75) is 51.0 Å². The van der Waals surface area contributed by atoms with Gasteiger partial charge >= 0.3 is 12.1 Å². The average Bonchev–Trinajstić information content (AvgIpc) is 3.25. The number of hydrogen-bond acceptors (Lipinski definition) is 6. The van der Waals surface area contributed by atoms with Gasteiger partial charge in [-0.25, -0.2) is 4.90 Å². The second kappa shape index (κ2) is 7.04. The lowest BCUT2D eigenvalue weighted by molar-refractivity contribution is -0.156. The Morgan fingerprint density at radius 2 is 1.94 bits per heavy atom. The van der Waals surface area contributed by atoms with Crippen LogP contribution in [-0.4, -0.2) is 35.6 Å². The van der Waals surface area contributed by atoms with E-state index in [1.54, 1.807) is 13.8 Å². The molecule has 10 heteroatoms. The van der Waals surface area contributed by atoms with Crippen LogP contribution in [0.2, 0.25) is 0 Å². The summed E-state index contributed by atoms with van der Waals surface area (Å²) in [5.41, 5.74) is -4.55. The van der Waals surface area contributed by atoms with Gasteiger partial charge in [0.05, 0.1) is 58.4 Å². The van der Waals surface area contributed by atoms with E-state index in [9.17, 15) is 27.6 Å². The fourth-order valence-corrected chi connectivity index (χ4v) is 5.43. The highest BCUT2D eigenvalue weighted by molar-refractivity contribution is 6.23. The average molecular weight is 450 g/mol. The van der Waals surface area contributed by atoms with E-state index >= 15 is 0 Å². The van der Waals surface area contributed by atoms with Gasteiger partial charge in [-0.2, -0.15) is 18.4 Å². The molecule has 2 bridgehead atoms. The van der Waals surface area contributed by atoms with Gasteiger partial charge < -0.3 is 9.47 Å². The Balaban J connectivity index is 1.73. The maximum absolute atomic E-state index is 13.4. The molecule has 0 unspecified atom stereocenters. The monoisotopic (exact) mass is 450 g/mol. The standard InChI is InChI=1S/C22H21F3N2O5/c1-4-7-31-19(30)14-9-20(2)15-16(21(14,3)32-20)18(29)27(17(15)28)12-6-5-11(10-26)13(8-12)22(23,24)25/h5-6,8,14-16H,4,7,9H2,1-3H3/t14-,15+,16-,20-,21+/m0/s1. The maximum Gasteiger partial charge on any atom is 0.417 e. The SMILES string of the molecule is CCCOC(=O)[C@@H]1C[C@]2(C)O[C@@]1(C)[C@@H]1C(=O)N(c3ccc(C#N)c(C(F)(F)F)c3)C(=O)[C@@H]12. The van der Waals surface area contributed by atoms with Gasteiger partial charge in [0.25, 0.3) is 0 Å². The first-order valence-electron chi connectivity index (χ1n) is 10.2. The highest BCUT2D eigenvalue weighted by Crippen LogP contribution is 2.63. The number of nitrogens with zero attached hydrogens (tertiary/aromatic N) is 2. The van der Waals surface area contributed by atoms with Crippen LogP contribution in [0.1, 0.15) is 44.7 Å². The highest BCUT2D eigenvalue weighted by Gasteiger charge is 2.77. The lowest BCUT2D eigenvalue weighted by atomic mass is 9.64. The lowest BCUT2D eigenvalue weighted by Crippen LogP contribution is -2.49. The first-order chi connectivity index (χ1) is 14.9. The van der Waals surface area contributed by atoms with Crippen LogP contribution in [0.3, 0.4) is 0 Å². The van der Waals surface area contributed by atoms with Crippen LogP contribution in [0, 0.1) is 29.1 Å². The first-order valence-corrected chi connectivity index (χ1v) is 10.2. The number of imide groups is 1. The summed E-state index contributed by atoms with van der Waals surface area (Å²) >= 11 is 0. The van der Waals surface area contributed by atoms with Crippen molar-refractivity contribution >= 4 is 23.5 Å². The van der Waals surface area contributed by atoms with Crippen molar-refractivity contribution in [1.29, 1.82) is 5.26 Å². The fraction of sp³-hybridized carbons (Fsp3) is 0.545. The number of carbonyl (C=O) groups excluding carboxylic acids is 3. The number of nitriles is 1. The summed E-state index contributed by atoms with van der Waals surface area (Å²) in [5.74, 6) is -4.66. The molecule has 3 saturated heterocycles. The molecule has 7 nitrogen and oxygen atoms in total. The third-order valence-electron chi connectivity index (χ3n) is 6.76. The third-order valence-corrected chi connectivity index (χ3v) is 6.76. The molecule has 4 rings (SSSR count). The van der Waals surface area contributed by atoms with E-state index in [2.05, 4.69) is 0 Å². The van der Waals surface area contributed by atoms with Crippen molar-refractivity contribution < 1.29 is 37.0 Å². The van der Waals surface area contributed by atoms with Crippen LogP contribution in [0.25, 0.3) is 0 Å². The number of hydrogen-bond donors (Lipinski definition) is 0. The number of halogens is 3. The van der Waals surface area contributed by atoms with E-state index in [0.29, 0.717) is 12.5 Å². The largest absolute Gasteiger partial charge is 0.465 e. The Labute approximate surface area is 182 Å². The molecule has 3 aliphatic rings. The summed E-state index contributed by atoms with van der Waals surface area (Å²) in [6.45, 7) is 5.27. The van der Waals surface area contributed by atoms with Gasteiger partial charge in [-0.15, -0.1) is 0 Å². The Kier molecular flexibility index (Phi) is 4.90. The number of benzene rings is 1. The van der Waals surface area contributed by atoms with Crippen molar-refractivity contribution in [3.63, 3.8) is 0 Å². The molecule has 0 saturated carbocycles. The van der Waals surface area contributed by atoms with Gasteiger partial charge in [-0.05, 0) is 44.9 Å². The van der Waals surface area contributed by atoms with Crippen LogP contribution in [0.15, 0.2) is 18.2 Å². The summed E-state index contributed by atoms with van der Waals surface area (Å²) in [6.07, 6.45) is -4.05. The van der Waals surface area contributed by atoms with Crippen molar-refractivity contribution in [3.8, 4) is 6.07 Å². The normalized spacial score (nSPS) is 33.4. The van der Waals surface area contributed by atoms with Gasteiger partial charge in [-0.1, -0.05) is 6.92 Å². The molecular formula is C22H21F3N2O5. The topological polar surface area (TPSA) is 96.7 Å². The van der Waals surface area contributed by atoms with Crippen LogP contribution in [0.5, 0.6) is 0 Å². The summed E-state index contributed by atoms with van der Waals surface area (Å²) < 4.78 is 51.6. The fourth-order valence-electron chi connectivity index (χ4n) is 5.43. The second-order valence-electron chi connectivity index (χ2n) is 8.83. The minimum absolute atomic E-state index is 0.168. The summed E-state index contributed by atoms with van der Waals surface area (Å²) in [4.78, 5) is 40.0. The van der Waals surface area contributed by atoms with Crippen molar-refractivity contribution in [1.82, 2.24) is 0 Å². The molecule has 3 fully saturated rings. The number of fused-ring (bicyclic) bond motifs is 5. The summed E-state index contributed by atoms with van der Waals surface area (Å²) in [5, 5.41) is 9.00. The molecule has 2 amide bonds. The predicted molar refractivity (Wildman–Crippen MR) is 103 cm³/mol. The second-order valence-corrected chi connectivity index (χ2v) is 8.83. The van der Waals surface area contributed by atoms with E-state index in [1.165, 1.54) is 6.07 Å². The Hall–Kier alpha value is -2.93. The molecule has 1 aromatic carbocycles. The third kappa shape index (κ3) is 2.94. The van der Waals surface area contributed by atoms with Crippen molar-refractivity contribution in [3.05, 3.63) is 29.3 Å². The quantitative estimate of drug-likeness (QED) is 0.516. The zero-order valence-corrected chi connectivity index (χ0v) is 17.7. The smallest absolute Gasteiger partial charge is 0.417 e. The van der Waals surface area contributed by atoms with Crippen molar-refractivity contribution in [2.75, 3.05) is 11.5 Å². The van der Waals surface area contributed by atoms with Crippen LogP contribution < -0.4 is 4.90 Å². The van der Waals surface area contributed by atoms with E-state index in [1.807, 2.05) is 6.92 Å². The van der Waals surface area contributed by atoms with Gasteiger partial charge in [0.15, 0.2) is 0 Å². The summed E-state index contributed by atoms with van der Waals surface area (Å²) in [7, 11) is 0. The molecule has 170 valence electrons. The van der Waals surface area contributed by atoms with Gasteiger partial charge in [-0.3, -0.25) is 14.4 Å².